The summed E-state index contributed by atoms with van der Waals surface area (Å²) in [4.78, 5) is 48.8. The fourth-order valence-corrected chi connectivity index (χ4v) is 7.09. The van der Waals surface area contributed by atoms with Crippen LogP contribution in [-0.2, 0) is 20.9 Å². The quantitative estimate of drug-likeness (QED) is 0.261. The zero-order valence-electron chi connectivity index (χ0n) is 24.3. The maximum atomic E-state index is 14.5. The van der Waals surface area contributed by atoms with Crippen LogP contribution in [0.1, 0.15) is 43.5 Å². The van der Waals surface area contributed by atoms with Crippen LogP contribution < -0.4 is 24.5 Å². The number of hydrogen-bond acceptors (Lipinski definition) is 7. The minimum absolute atomic E-state index is 0.182. The molecule has 1 amide bonds. The number of hydrogen-bond donors (Lipinski definition) is 0. The Morgan fingerprint density at radius 2 is 1.77 bits per heavy atom. The number of amides is 1. The highest BCUT2D eigenvalue weighted by molar-refractivity contribution is 7.07. The van der Waals surface area contributed by atoms with Gasteiger partial charge in [-0.3, -0.25) is 14.2 Å². The third kappa shape index (κ3) is 5.04. The summed E-state index contributed by atoms with van der Waals surface area (Å²) in [6.45, 7) is 5.42. The summed E-state index contributed by atoms with van der Waals surface area (Å²) in [5.41, 5.74) is 2.92. The second-order valence-corrected chi connectivity index (χ2v) is 12.4. The van der Waals surface area contributed by atoms with Gasteiger partial charge in [-0.15, -0.1) is 0 Å². The van der Waals surface area contributed by atoms with Gasteiger partial charge in [0.25, 0.3) is 11.5 Å². The molecule has 3 heterocycles. The molecule has 1 atom stereocenters. The Morgan fingerprint density at radius 1 is 1.05 bits per heavy atom. The Labute approximate surface area is 267 Å². The first-order chi connectivity index (χ1) is 21.1. The molecule has 44 heavy (non-hydrogen) atoms. The smallest absolute Gasteiger partial charge is 0.338 e. The van der Waals surface area contributed by atoms with Crippen molar-refractivity contribution >= 4 is 57.7 Å². The van der Waals surface area contributed by atoms with Crippen molar-refractivity contribution in [3.63, 3.8) is 0 Å². The number of anilines is 1. The van der Waals surface area contributed by atoms with E-state index in [1.165, 1.54) is 11.7 Å². The maximum absolute atomic E-state index is 14.5. The van der Waals surface area contributed by atoms with Crippen LogP contribution in [0, 0.1) is 0 Å². The average Bonchev–Trinajstić information content (AvgIpc) is 3.45. The molecule has 0 fully saturated rings. The molecule has 0 unspecified atom stereocenters. The molecule has 4 aromatic rings. The molecule has 0 aliphatic carbocycles. The summed E-state index contributed by atoms with van der Waals surface area (Å²) in [5, 5.41) is 0.935. The molecular formula is C33H27Cl2N3O5S. The average molecular weight is 649 g/mol. The zero-order valence-corrected chi connectivity index (χ0v) is 26.6. The van der Waals surface area contributed by atoms with Crippen LogP contribution in [0.4, 0.5) is 5.69 Å². The van der Waals surface area contributed by atoms with E-state index in [4.69, 9.17) is 32.7 Å². The molecule has 0 saturated heterocycles. The van der Waals surface area contributed by atoms with Crippen molar-refractivity contribution in [3.05, 3.63) is 124 Å². The number of halogens is 2. The first-order valence-electron chi connectivity index (χ1n) is 13.8. The molecule has 224 valence electrons. The highest BCUT2D eigenvalue weighted by Crippen LogP contribution is 2.39. The van der Waals surface area contributed by atoms with Gasteiger partial charge < -0.3 is 14.4 Å². The van der Waals surface area contributed by atoms with Crippen molar-refractivity contribution < 1.29 is 19.1 Å². The number of para-hydroxylation sites is 1. The SMILES string of the molecule is COc1ccc(Cl)cc1[C@@H]1C(C(=O)OC(C)C)=C(C)N=c2s/c(=C3\C(=O)N(Cc4ccccc4Cl)c4ccccc43)c(=O)n21. The van der Waals surface area contributed by atoms with Gasteiger partial charge in [-0.05, 0) is 56.7 Å². The molecule has 8 nitrogen and oxygen atoms in total. The Bertz CT molecular complexity index is 2060. The van der Waals surface area contributed by atoms with Crippen LogP contribution in [0.25, 0.3) is 5.57 Å². The predicted octanol–water partition coefficient (Wildman–Crippen LogP) is 5.42. The molecule has 0 radical (unpaired) electrons. The summed E-state index contributed by atoms with van der Waals surface area (Å²) in [5.74, 6) is -0.515. The van der Waals surface area contributed by atoms with Crippen LogP contribution >= 0.6 is 34.5 Å². The van der Waals surface area contributed by atoms with E-state index >= 15 is 0 Å². The lowest BCUT2D eigenvalue weighted by atomic mass is 9.95. The third-order valence-electron chi connectivity index (χ3n) is 7.48. The Morgan fingerprint density at radius 3 is 2.50 bits per heavy atom. The number of carbonyl (C=O) groups excluding carboxylic acids is 2. The van der Waals surface area contributed by atoms with Crippen LogP contribution in [0.5, 0.6) is 5.75 Å². The van der Waals surface area contributed by atoms with Crippen molar-refractivity contribution in [1.29, 1.82) is 0 Å². The normalized spacial score (nSPS) is 17.0. The molecule has 0 bridgehead atoms. The van der Waals surface area contributed by atoms with Crippen molar-refractivity contribution in [1.82, 2.24) is 4.57 Å². The lowest BCUT2D eigenvalue weighted by Gasteiger charge is -2.26. The number of esters is 1. The number of thiazole rings is 1. The molecular weight excluding hydrogens is 621 g/mol. The Balaban J connectivity index is 1.61. The van der Waals surface area contributed by atoms with Gasteiger partial charge in [0.2, 0.25) is 0 Å². The van der Waals surface area contributed by atoms with E-state index in [0.29, 0.717) is 43.1 Å². The summed E-state index contributed by atoms with van der Waals surface area (Å²) < 4.78 is 12.9. The molecule has 11 heteroatoms. The number of allylic oxidation sites excluding steroid dienone is 1. The second kappa shape index (κ2) is 11.7. The Kier molecular flexibility index (Phi) is 7.96. The minimum atomic E-state index is -0.966. The first-order valence-corrected chi connectivity index (χ1v) is 15.4. The van der Waals surface area contributed by atoms with E-state index in [1.54, 1.807) is 49.9 Å². The van der Waals surface area contributed by atoms with Crippen molar-refractivity contribution in [3.8, 4) is 5.75 Å². The number of ether oxygens (including phenoxy) is 2. The molecule has 0 saturated carbocycles. The van der Waals surface area contributed by atoms with Crippen LogP contribution in [0.15, 0.2) is 87.8 Å². The number of fused-ring (bicyclic) bond motifs is 2. The van der Waals surface area contributed by atoms with Gasteiger partial charge in [-0.2, -0.15) is 0 Å². The van der Waals surface area contributed by atoms with E-state index in [-0.39, 0.29) is 28.1 Å². The minimum Gasteiger partial charge on any atom is -0.496 e. The highest BCUT2D eigenvalue weighted by Gasteiger charge is 2.38. The van der Waals surface area contributed by atoms with Gasteiger partial charge in [-0.25, -0.2) is 9.79 Å². The fraction of sp³-hybridized carbons (Fsp3) is 0.212. The van der Waals surface area contributed by atoms with E-state index in [0.717, 1.165) is 16.9 Å². The first kappa shape index (κ1) is 29.9. The largest absolute Gasteiger partial charge is 0.496 e. The van der Waals surface area contributed by atoms with Crippen LogP contribution in [0.2, 0.25) is 10.0 Å². The number of aromatic nitrogens is 1. The molecule has 2 aliphatic heterocycles. The van der Waals surface area contributed by atoms with Crippen LogP contribution in [-0.4, -0.2) is 29.7 Å². The van der Waals surface area contributed by atoms with Gasteiger partial charge in [0, 0.05) is 21.2 Å². The van der Waals surface area contributed by atoms with E-state index < -0.39 is 23.7 Å². The standard InChI is InChI=1S/C33H27Cl2N3O5S/c1-17(2)43-32(41)26-18(3)36-33-38(28(26)22-15-20(34)13-14-25(22)42-4)31(40)29(44-33)27-21-10-6-8-12-24(21)37(30(27)39)16-19-9-5-7-11-23(19)35/h5-15,17,28H,16H2,1-4H3/b29-27-/t28-/m1/s1. The lowest BCUT2D eigenvalue weighted by molar-refractivity contribution is -0.143. The zero-order chi connectivity index (χ0) is 31.3. The number of methoxy groups -OCH3 is 1. The number of nitrogens with zero attached hydrogens (tertiary/aromatic N) is 3. The van der Waals surface area contributed by atoms with E-state index in [2.05, 4.69) is 4.99 Å². The van der Waals surface area contributed by atoms with Crippen molar-refractivity contribution in [2.75, 3.05) is 12.0 Å². The summed E-state index contributed by atoms with van der Waals surface area (Å²) in [7, 11) is 1.50. The van der Waals surface area contributed by atoms with Crippen molar-refractivity contribution in [2.24, 2.45) is 4.99 Å². The molecule has 1 aromatic heterocycles. The van der Waals surface area contributed by atoms with E-state index in [9.17, 15) is 14.4 Å². The molecule has 0 spiro atoms. The summed E-state index contributed by atoms with van der Waals surface area (Å²) >= 11 is 14.0. The highest BCUT2D eigenvalue weighted by atomic mass is 35.5. The number of carbonyl (C=O) groups is 2. The summed E-state index contributed by atoms with van der Waals surface area (Å²) in [6.07, 6.45) is -0.409. The molecule has 6 rings (SSSR count). The van der Waals surface area contributed by atoms with Crippen molar-refractivity contribution in [2.45, 2.75) is 39.5 Å². The number of rotatable bonds is 6. The van der Waals surface area contributed by atoms with Crippen LogP contribution in [0.3, 0.4) is 0 Å². The lowest BCUT2D eigenvalue weighted by Crippen LogP contribution is -2.41. The Hall–Kier alpha value is -4.18. The topological polar surface area (TPSA) is 90.2 Å². The maximum Gasteiger partial charge on any atom is 0.338 e. The van der Waals surface area contributed by atoms with Gasteiger partial charge in [-0.1, -0.05) is 70.9 Å². The monoisotopic (exact) mass is 647 g/mol. The summed E-state index contributed by atoms with van der Waals surface area (Å²) in [6, 6.07) is 18.7. The van der Waals surface area contributed by atoms with E-state index in [1.807, 2.05) is 42.5 Å². The van der Waals surface area contributed by atoms with Gasteiger partial charge in [0.05, 0.1) is 42.3 Å². The fourth-order valence-electron chi connectivity index (χ4n) is 5.58. The third-order valence-corrected chi connectivity index (χ3v) is 9.14. The molecule has 2 aliphatic rings. The number of benzene rings is 3. The predicted molar refractivity (Wildman–Crippen MR) is 171 cm³/mol. The van der Waals surface area contributed by atoms with Gasteiger partial charge >= 0.3 is 5.97 Å². The molecule has 0 N–H and O–H groups in total. The molecule has 3 aromatic carbocycles. The van der Waals surface area contributed by atoms with Gasteiger partial charge in [0.15, 0.2) is 4.80 Å². The second-order valence-electron chi connectivity index (χ2n) is 10.6. The van der Waals surface area contributed by atoms with Gasteiger partial charge in [0.1, 0.15) is 16.3 Å².